The molecule has 0 spiro atoms. The molecule has 4 aromatic carbocycles. The fourth-order valence-electron chi connectivity index (χ4n) is 8.71. The second-order valence-electron chi connectivity index (χ2n) is 15.6. The van der Waals surface area contributed by atoms with Crippen LogP contribution in [0, 0.1) is 0 Å². The molecule has 65 heavy (non-hydrogen) atoms. The van der Waals surface area contributed by atoms with Gasteiger partial charge >= 0.3 is 0 Å². The molecular formula is C57H36S8. The van der Waals surface area contributed by atoms with Gasteiger partial charge in [-0.2, -0.15) is 0 Å². The summed E-state index contributed by atoms with van der Waals surface area (Å²) in [6.45, 7) is 0. The van der Waals surface area contributed by atoms with E-state index in [4.69, 9.17) is 0 Å². The van der Waals surface area contributed by atoms with Crippen LogP contribution in [-0.4, -0.2) is 0 Å². The van der Waals surface area contributed by atoms with E-state index < -0.39 is 5.41 Å². The summed E-state index contributed by atoms with van der Waals surface area (Å²) in [5.41, 5.74) is 9.21. The van der Waals surface area contributed by atoms with E-state index in [-0.39, 0.29) is 0 Å². The topological polar surface area (TPSA) is 0 Å². The number of hydrogen-bond donors (Lipinski definition) is 0. The highest BCUT2D eigenvalue weighted by Crippen LogP contribution is 2.49. The minimum absolute atomic E-state index is 0.627. The molecule has 12 rings (SSSR count). The number of thiophene rings is 8. The van der Waals surface area contributed by atoms with Gasteiger partial charge in [0.1, 0.15) is 0 Å². The molecule has 0 radical (unpaired) electrons. The van der Waals surface area contributed by atoms with E-state index in [9.17, 15) is 0 Å². The molecular weight excluding hydrogens is 941 g/mol. The van der Waals surface area contributed by atoms with Gasteiger partial charge < -0.3 is 0 Å². The van der Waals surface area contributed by atoms with Gasteiger partial charge in [-0.25, -0.2) is 0 Å². The van der Waals surface area contributed by atoms with Crippen molar-refractivity contribution >= 4 is 90.7 Å². The van der Waals surface area contributed by atoms with E-state index in [2.05, 4.69) is 216 Å². The molecule has 8 heteroatoms. The van der Waals surface area contributed by atoms with Gasteiger partial charge in [0.15, 0.2) is 0 Å². The third kappa shape index (κ3) is 7.82. The van der Waals surface area contributed by atoms with Crippen molar-refractivity contribution in [2.24, 2.45) is 0 Å². The Hall–Kier alpha value is -5.52. The van der Waals surface area contributed by atoms with Gasteiger partial charge in [0.2, 0.25) is 0 Å². The minimum atomic E-state index is -0.627. The average molecular weight is 977 g/mol. The maximum Gasteiger partial charge on any atom is 0.0701 e. The van der Waals surface area contributed by atoms with Gasteiger partial charge in [-0.3, -0.25) is 0 Å². The molecule has 0 atom stereocenters. The van der Waals surface area contributed by atoms with Crippen LogP contribution in [0.3, 0.4) is 0 Å². The molecule has 0 N–H and O–H groups in total. The molecule has 0 aliphatic rings. The van der Waals surface area contributed by atoms with E-state index in [1.54, 1.807) is 45.3 Å². The van der Waals surface area contributed by atoms with Crippen molar-refractivity contribution in [2.75, 3.05) is 0 Å². The van der Waals surface area contributed by atoms with Crippen molar-refractivity contribution in [2.45, 2.75) is 5.41 Å². The van der Waals surface area contributed by atoms with Gasteiger partial charge in [-0.15, -0.1) is 90.7 Å². The highest BCUT2D eigenvalue weighted by molar-refractivity contribution is 7.25. The summed E-state index contributed by atoms with van der Waals surface area (Å²) in [6.07, 6.45) is 0. The van der Waals surface area contributed by atoms with Crippen LogP contribution in [0.5, 0.6) is 0 Å². The van der Waals surface area contributed by atoms with Gasteiger partial charge in [-0.05, 0) is 139 Å². The Kier molecular flexibility index (Phi) is 11.2. The quantitative estimate of drug-likeness (QED) is 0.107. The first kappa shape index (κ1) is 40.9. The number of hydrogen-bond acceptors (Lipinski definition) is 8. The van der Waals surface area contributed by atoms with E-state index in [0.29, 0.717) is 0 Å². The third-order valence-corrected chi connectivity index (χ3v) is 20.7. The Bertz CT molecular complexity index is 2950. The van der Waals surface area contributed by atoms with Crippen LogP contribution in [0.4, 0.5) is 0 Å². The zero-order valence-corrected chi connectivity index (χ0v) is 41.1. The summed E-state index contributed by atoms with van der Waals surface area (Å²) in [6, 6.07) is 73.2. The summed E-state index contributed by atoms with van der Waals surface area (Å²) in [5.74, 6) is 0. The first-order valence-corrected chi connectivity index (χ1v) is 27.9. The summed E-state index contributed by atoms with van der Waals surface area (Å²) in [4.78, 5) is 15.6. The Morgan fingerprint density at radius 1 is 0.200 bits per heavy atom. The smallest absolute Gasteiger partial charge is 0.0701 e. The molecule has 0 fully saturated rings. The zero-order chi connectivity index (χ0) is 43.2. The minimum Gasteiger partial charge on any atom is -0.143 e. The van der Waals surface area contributed by atoms with Gasteiger partial charge in [0.25, 0.3) is 0 Å². The Morgan fingerprint density at radius 3 is 0.615 bits per heavy atom. The van der Waals surface area contributed by atoms with Crippen molar-refractivity contribution in [3.63, 3.8) is 0 Å². The summed E-state index contributed by atoms with van der Waals surface area (Å²) in [7, 11) is 0. The second-order valence-corrected chi connectivity index (χ2v) is 23.8. The molecule has 0 saturated heterocycles. The third-order valence-electron chi connectivity index (χ3n) is 11.9. The second kappa shape index (κ2) is 17.7. The highest BCUT2D eigenvalue weighted by atomic mass is 32.1. The standard InChI is InChI=1S/C57H36S8/c1-5-49(58-33-1)53-29-25-45(62-53)37-9-17-41(18-10-37)57(42-19-11-38(12-20-42)46-26-30-54(63-46)50-6-2-34-59-50,43-21-13-39(14-22-43)47-27-31-55(64-47)51-7-3-35-60-51)44-23-15-40(16-24-44)48-28-32-56(65-48)52-8-4-36-61-52/h1-36H. The van der Waals surface area contributed by atoms with Crippen LogP contribution in [0.15, 0.2) is 216 Å². The Balaban J connectivity index is 1.00. The molecule has 12 aromatic rings. The highest BCUT2D eigenvalue weighted by Gasteiger charge is 2.39. The zero-order valence-electron chi connectivity index (χ0n) is 34.6. The van der Waals surface area contributed by atoms with Crippen LogP contribution in [0.1, 0.15) is 22.3 Å². The molecule has 8 heterocycles. The predicted octanol–water partition coefficient (Wildman–Crippen LogP) is 19.9. The van der Waals surface area contributed by atoms with E-state index in [0.717, 1.165) is 0 Å². The van der Waals surface area contributed by atoms with Crippen LogP contribution in [-0.2, 0) is 5.41 Å². The van der Waals surface area contributed by atoms with Crippen molar-refractivity contribution < 1.29 is 0 Å². The van der Waals surface area contributed by atoms with Crippen LogP contribution in [0.25, 0.3) is 80.8 Å². The summed E-state index contributed by atoms with van der Waals surface area (Å²) in [5, 5.41) is 8.62. The van der Waals surface area contributed by atoms with E-state index >= 15 is 0 Å². The normalized spacial score (nSPS) is 11.7. The molecule has 0 nitrogen and oxygen atoms in total. The Labute approximate surface area is 411 Å². The summed E-state index contributed by atoms with van der Waals surface area (Å²) >= 11 is 14.6. The molecule has 8 aromatic heterocycles. The SMILES string of the molecule is c1csc(-c2ccc(-c3ccc(C(c4ccc(-c5ccc(-c6cccs6)s5)cc4)(c4ccc(-c5ccc(-c6cccs6)s5)cc4)c4ccc(-c5ccc(-c6cccs6)s5)cc4)cc3)s2)c1. The molecule has 0 aliphatic heterocycles. The lowest BCUT2D eigenvalue weighted by Crippen LogP contribution is -2.31. The van der Waals surface area contributed by atoms with Crippen molar-refractivity contribution in [3.8, 4) is 80.8 Å². The first-order chi connectivity index (χ1) is 32.2. The van der Waals surface area contributed by atoms with Crippen molar-refractivity contribution in [3.05, 3.63) is 238 Å². The Morgan fingerprint density at radius 2 is 0.415 bits per heavy atom. The van der Waals surface area contributed by atoms with Crippen molar-refractivity contribution in [1.82, 2.24) is 0 Å². The summed E-state index contributed by atoms with van der Waals surface area (Å²) < 4.78 is 0. The molecule has 0 unspecified atom stereocenters. The maximum atomic E-state index is 2.38. The number of benzene rings is 4. The van der Waals surface area contributed by atoms with Gasteiger partial charge in [0, 0.05) is 58.5 Å². The molecule has 0 aliphatic carbocycles. The molecule has 0 saturated carbocycles. The lowest BCUT2D eigenvalue weighted by molar-refractivity contribution is 0.745. The van der Waals surface area contributed by atoms with Crippen LogP contribution >= 0.6 is 90.7 Å². The van der Waals surface area contributed by atoms with Crippen molar-refractivity contribution in [1.29, 1.82) is 0 Å². The first-order valence-electron chi connectivity index (χ1n) is 21.1. The van der Waals surface area contributed by atoms with Gasteiger partial charge in [-0.1, -0.05) is 121 Å². The fourth-order valence-corrected chi connectivity index (χ4v) is 16.1. The predicted molar refractivity (Wildman–Crippen MR) is 291 cm³/mol. The molecule has 0 bridgehead atoms. The number of rotatable bonds is 12. The molecule has 0 amide bonds. The van der Waals surface area contributed by atoms with E-state index in [1.807, 2.05) is 45.3 Å². The fraction of sp³-hybridized carbons (Fsp3) is 0.0175. The lowest BCUT2D eigenvalue weighted by Gasteiger charge is -2.37. The van der Waals surface area contributed by atoms with E-state index in [1.165, 1.54) is 103 Å². The lowest BCUT2D eigenvalue weighted by atomic mass is 9.64. The largest absolute Gasteiger partial charge is 0.143 e. The maximum absolute atomic E-state index is 2.38. The monoisotopic (exact) mass is 976 g/mol. The van der Waals surface area contributed by atoms with Crippen LogP contribution < -0.4 is 0 Å². The van der Waals surface area contributed by atoms with Gasteiger partial charge in [0.05, 0.1) is 5.41 Å². The van der Waals surface area contributed by atoms with Crippen LogP contribution in [0.2, 0.25) is 0 Å². The average Bonchev–Trinajstić information content (AvgIpc) is 4.21. The molecule has 312 valence electrons.